The van der Waals surface area contributed by atoms with Crippen molar-refractivity contribution in [2.75, 3.05) is 5.32 Å². The smallest absolute Gasteiger partial charge is 0.332 e. The molecule has 0 radical (unpaired) electrons. The van der Waals surface area contributed by atoms with Crippen LogP contribution in [-0.2, 0) is 35.0 Å². The number of hydrogen-bond acceptors (Lipinski definition) is 6. The number of amides is 1. The van der Waals surface area contributed by atoms with E-state index in [1.807, 2.05) is 6.07 Å². The van der Waals surface area contributed by atoms with E-state index in [1.165, 1.54) is 24.9 Å². The molecule has 0 fully saturated rings. The summed E-state index contributed by atoms with van der Waals surface area (Å²) < 4.78 is 9.10. The number of carbonyl (C=O) groups excluding carboxylic acids is 2. The van der Waals surface area contributed by atoms with Gasteiger partial charge in [0.15, 0.2) is 17.3 Å². The molecule has 0 aliphatic carbocycles. The number of rotatable bonds is 7. The Balaban J connectivity index is 1.56. The normalized spacial score (nSPS) is 12.0. The van der Waals surface area contributed by atoms with Gasteiger partial charge in [0, 0.05) is 32.7 Å². The van der Waals surface area contributed by atoms with Gasteiger partial charge in [-0.1, -0.05) is 18.2 Å². The summed E-state index contributed by atoms with van der Waals surface area (Å²) >= 11 is 0. The first-order valence-corrected chi connectivity index (χ1v) is 9.46. The van der Waals surface area contributed by atoms with Crippen LogP contribution in [0.2, 0.25) is 0 Å². The van der Waals surface area contributed by atoms with Crippen molar-refractivity contribution in [1.29, 1.82) is 0 Å². The van der Waals surface area contributed by atoms with Crippen LogP contribution in [0.25, 0.3) is 11.2 Å². The SMILES string of the molecule is C[C@@H](OC(=O)CCCn1cnc2c1c(=O)n(C)c(=O)n2C)C(=O)Nc1ccccc1. The number of anilines is 1. The third-order valence-electron chi connectivity index (χ3n) is 4.72. The van der Waals surface area contributed by atoms with Gasteiger partial charge in [-0.05, 0) is 25.5 Å². The Bertz CT molecular complexity index is 1190. The molecule has 0 bridgehead atoms. The molecular weight excluding hydrogens is 390 g/mol. The third kappa shape index (κ3) is 4.32. The summed E-state index contributed by atoms with van der Waals surface area (Å²) in [6.45, 7) is 1.84. The molecule has 1 N–H and O–H groups in total. The zero-order valence-corrected chi connectivity index (χ0v) is 17.0. The van der Waals surface area contributed by atoms with E-state index in [0.29, 0.717) is 24.2 Å². The number of fused-ring (bicyclic) bond motifs is 1. The Morgan fingerprint density at radius 2 is 1.83 bits per heavy atom. The number of carbonyl (C=O) groups is 2. The van der Waals surface area contributed by atoms with E-state index in [9.17, 15) is 19.2 Å². The molecule has 1 atom stereocenters. The molecular formula is C20H23N5O5. The van der Waals surface area contributed by atoms with Crippen molar-refractivity contribution in [3.8, 4) is 0 Å². The Labute approximate surface area is 171 Å². The quantitative estimate of drug-likeness (QED) is 0.572. The second-order valence-corrected chi connectivity index (χ2v) is 6.91. The first-order valence-electron chi connectivity index (χ1n) is 9.46. The summed E-state index contributed by atoms with van der Waals surface area (Å²) in [5.74, 6) is -0.935. The van der Waals surface area contributed by atoms with Crippen molar-refractivity contribution in [3.63, 3.8) is 0 Å². The van der Waals surface area contributed by atoms with Crippen molar-refractivity contribution in [2.24, 2.45) is 14.1 Å². The number of nitrogens with zero attached hydrogens (tertiary/aromatic N) is 4. The molecule has 1 amide bonds. The van der Waals surface area contributed by atoms with Crippen LogP contribution in [-0.4, -0.2) is 36.7 Å². The fourth-order valence-electron chi connectivity index (χ4n) is 3.04. The molecule has 2 heterocycles. The predicted octanol–water partition coefficient (Wildman–Crippen LogP) is 0.784. The summed E-state index contributed by atoms with van der Waals surface area (Å²) in [7, 11) is 2.95. The second kappa shape index (κ2) is 8.76. The molecule has 10 heteroatoms. The molecule has 0 unspecified atom stereocenters. The Hall–Kier alpha value is -3.69. The van der Waals surface area contributed by atoms with E-state index in [-0.39, 0.29) is 12.1 Å². The molecule has 3 rings (SSSR count). The monoisotopic (exact) mass is 413 g/mol. The molecule has 0 aliphatic rings. The second-order valence-electron chi connectivity index (χ2n) is 6.91. The van der Waals surface area contributed by atoms with Gasteiger partial charge in [-0.3, -0.25) is 23.5 Å². The fraction of sp³-hybridized carbons (Fsp3) is 0.350. The van der Waals surface area contributed by atoms with Gasteiger partial charge in [0.05, 0.1) is 6.33 Å². The molecule has 0 aliphatic heterocycles. The Kier molecular flexibility index (Phi) is 6.14. The van der Waals surface area contributed by atoms with Gasteiger partial charge in [-0.15, -0.1) is 0 Å². The maximum Gasteiger partial charge on any atom is 0.332 e. The number of aromatic nitrogens is 4. The van der Waals surface area contributed by atoms with E-state index in [2.05, 4.69) is 10.3 Å². The van der Waals surface area contributed by atoms with Crippen molar-refractivity contribution < 1.29 is 14.3 Å². The van der Waals surface area contributed by atoms with Crippen LogP contribution in [0.1, 0.15) is 19.8 Å². The lowest BCUT2D eigenvalue weighted by Crippen LogP contribution is -2.37. The molecule has 30 heavy (non-hydrogen) atoms. The highest BCUT2D eigenvalue weighted by Gasteiger charge is 2.18. The number of para-hydroxylation sites is 1. The van der Waals surface area contributed by atoms with E-state index in [1.54, 1.807) is 35.9 Å². The molecule has 2 aromatic heterocycles. The van der Waals surface area contributed by atoms with Crippen LogP contribution in [0.3, 0.4) is 0 Å². The molecule has 0 spiro atoms. The number of hydrogen-bond donors (Lipinski definition) is 1. The van der Waals surface area contributed by atoms with Crippen LogP contribution < -0.4 is 16.6 Å². The van der Waals surface area contributed by atoms with Gasteiger partial charge < -0.3 is 14.6 Å². The number of esters is 1. The molecule has 158 valence electrons. The summed E-state index contributed by atoms with van der Waals surface area (Å²) in [6.07, 6.45) is 0.971. The number of imidazole rings is 1. The number of benzene rings is 1. The maximum absolute atomic E-state index is 12.4. The lowest BCUT2D eigenvalue weighted by atomic mass is 10.3. The van der Waals surface area contributed by atoms with Crippen molar-refractivity contribution in [3.05, 3.63) is 57.5 Å². The number of ether oxygens (including phenoxy) is 1. The van der Waals surface area contributed by atoms with Gasteiger partial charge >= 0.3 is 11.7 Å². The van der Waals surface area contributed by atoms with Crippen LogP contribution in [0.5, 0.6) is 0 Å². The van der Waals surface area contributed by atoms with Gasteiger partial charge in [-0.25, -0.2) is 9.78 Å². The van der Waals surface area contributed by atoms with Crippen LogP contribution in [0.4, 0.5) is 5.69 Å². The van der Waals surface area contributed by atoms with E-state index < -0.39 is 29.2 Å². The van der Waals surface area contributed by atoms with E-state index >= 15 is 0 Å². The van der Waals surface area contributed by atoms with Gasteiger partial charge in [0.2, 0.25) is 0 Å². The topological polar surface area (TPSA) is 117 Å². The fourth-order valence-corrected chi connectivity index (χ4v) is 3.04. The summed E-state index contributed by atoms with van der Waals surface area (Å²) in [5, 5.41) is 2.67. The average molecular weight is 413 g/mol. The zero-order valence-electron chi connectivity index (χ0n) is 17.0. The average Bonchev–Trinajstić information content (AvgIpc) is 3.15. The van der Waals surface area contributed by atoms with Crippen molar-refractivity contribution in [1.82, 2.24) is 18.7 Å². The number of nitrogens with one attached hydrogen (secondary N) is 1. The molecule has 1 aromatic carbocycles. The predicted molar refractivity (Wildman–Crippen MR) is 110 cm³/mol. The summed E-state index contributed by atoms with van der Waals surface area (Å²) in [4.78, 5) is 52.7. The first-order chi connectivity index (χ1) is 14.3. The zero-order chi connectivity index (χ0) is 21.8. The third-order valence-corrected chi connectivity index (χ3v) is 4.72. The minimum absolute atomic E-state index is 0.0642. The standard InChI is InChI=1S/C20H23N5O5/c1-13(18(27)22-14-8-5-4-6-9-14)30-15(26)10-7-11-25-12-21-17-16(25)19(28)24(3)20(29)23(17)2/h4-6,8-9,12-13H,7,10-11H2,1-3H3,(H,22,27)/t13-/m1/s1. The van der Waals surface area contributed by atoms with E-state index in [4.69, 9.17) is 4.74 Å². The highest BCUT2D eigenvalue weighted by molar-refractivity contribution is 5.95. The van der Waals surface area contributed by atoms with Crippen molar-refractivity contribution >= 4 is 28.7 Å². The lowest BCUT2D eigenvalue weighted by Gasteiger charge is -2.13. The van der Waals surface area contributed by atoms with E-state index in [0.717, 1.165) is 4.57 Å². The van der Waals surface area contributed by atoms with Gasteiger partial charge in [-0.2, -0.15) is 0 Å². The molecule has 10 nitrogen and oxygen atoms in total. The highest BCUT2D eigenvalue weighted by Crippen LogP contribution is 2.09. The molecule has 3 aromatic rings. The largest absolute Gasteiger partial charge is 0.453 e. The van der Waals surface area contributed by atoms with Gasteiger partial charge in [0.25, 0.3) is 11.5 Å². The maximum atomic E-state index is 12.4. The Morgan fingerprint density at radius 1 is 1.13 bits per heavy atom. The minimum atomic E-state index is -0.936. The molecule has 0 saturated carbocycles. The lowest BCUT2D eigenvalue weighted by molar-refractivity contribution is -0.153. The van der Waals surface area contributed by atoms with Crippen molar-refractivity contribution in [2.45, 2.75) is 32.4 Å². The summed E-state index contributed by atoms with van der Waals surface area (Å²) in [6, 6.07) is 8.89. The van der Waals surface area contributed by atoms with Gasteiger partial charge in [0.1, 0.15) is 0 Å². The number of aryl methyl sites for hydroxylation is 2. The van der Waals surface area contributed by atoms with Crippen LogP contribution in [0.15, 0.2) is 46.2 Å². The van der Waals surface area contributed by atoms with Crippen LogP contribution in [0, 0.1) is 0 Å². The minimum Gasteiger partial charge on any atom is -0.453 e. The highest BCUT2D eigenvalue weighted by atomic mass is 16.5. The first kappa shape index (κ1) is 21.0. The summed E-state index contributed by atoms with van der Waals surface area (Å²) in [5.41, 5.74) is 0.303. The molecule has 0 saturated heterocycles. The van der Waals surface area contributed by atoms with Crippen LogP contribution >= 0.6 is 0 Å². The Morgan fingerprint density at radius 3 is 2.53 bits per heavy atom.